The van der Waals surface area contributed by atoms with Crippen molar-refractivity contribution in [2.45, 2.75) is 58.4 Å². The molecule has 0 unspecified atom stereocenters. The van der Waals surface area contributed by atoms with E-state index in [-0.39, 0.29) is 0 Å². The molecule has 0 aromatic heterocycles. The van der Waals surface area contributed by atoms with Crippen molar-refractivity contribution in [2.75, 3.05) is 0 Å². The Kier molecular flexibility index (Phi) is 6.86. The minimum absolute atomic E-state index is 0.849. The van der Waals surface area contributed by atoms with Crippen molar-refractivity contribution in [1.82, 2.24) is 0 Å². The summed E-state index contributed by atoms with van der Waals surface area (Å²) >= 11 is 0. The normalized spacial score (nSPS) is 28.4. The molecule has 25 heavy (non-hydrogen) atoms. The van der Waals surface area contributed by atoms with E-state index in [1.807, 2.05) is 0 Å². The zero-order valence-electron chi connectivity index (χ0n) is 13.9. The molecular formula is C14H18O11. The summed E-state index contributed by atoms with van der Waals surface area (Å²) in [6, 6.07) is 0. The van der Waals surface area contributed by atoms with Crippen molar-refractivity contribution < 1.29 is 52.8 Å². The molecule has 11 heteroatoms. The maximum atomic E-state index is 11.4. The summed E-state index contributed by atoms with van der Waals surface area (Å²) in [6.45, 7) is 4.06. The van der Waals surface area contributed by atoms with E-state index in [4.69, 9.17) is 23.7 Å². The quantitative estimate of drug-likeness (QED) is 0.481. The Morgan fingerprint density at radius 3 is 1.48 bits per heavy atom. The summed E-state index contributed by atoms with van der Waals surface area (Å²) in [4.78, 5) is 56.7. The number of hydrogen-bond donors (Lipinski definition) is 1. The van der Waals surface area contributed by atoms with Gasteiger partial charge in [0, 0.05) is 27.7 Å². The molecule has 5 atom stereocenters. The lowest BCUT2D eigenvalue weighted by Crippen LogP contribution is -2.63. The average molecular weight is 362 g/mol. The molecule has 0 aliphatic carbocycles. The van der Waals surface area contributed by atoms with Gasteiger partial charge in [-0.1, -0.05) is 0 Å². The Labute approximate surface area is 142 Å². The monoisotopic (exact) mass is 362 g/mol. The minimum Gasteiger partial charge on any atom is -0.479 e. The van der Waals surface area contributed by atoms with Crippen LogP contribution in [0.5, 0.6) is 0 Å². The molecule has 1 fully saturated rings. The highest BCUT2D eigenvalue weighted by atomic mass is 16.7. The number of ether oxygens (including phenoxy) is 5. The summed E-state index contributed by atoms with van der Waals surface area (Å²) < 4.78 is 24.8. The van der Waals surface area contributed by atoms with Gasteiger partial charge >= 0.3 is 29.8 Å². The maximum absolute atomic E-state index is 11.4. The molecule has 1 aliphatic heterocycles. The van der Waals surface area contributed by atoms with Crippen molar-refractivity contribution in [1.29, 1.82) is 0 Å². The van der Waals surface area contributed by atoms with Gasteiger partial charge in [-0.2, -0.15) is 0 Å². The highest BCUT2D eigenvalue weighted by Gasteiger charge is 2.55. The first-order valence-corrected chi connectivity index (χ1v) is 7.10. The summed E-state index contributed by atoms with van der Waals surface area (Å²) in [7, 11) is 0. The van der Waals surface area contributed by atoms with Crippen LogP contribution in [-0.2, 0) is 47.7 Å². The third kappa shape index (κ3) is 5.71. The summed E-state index contributed by atoms with van der Waals surface area (Å²) in [5.74, 6) is -5.03. The van der Waals surface area contributed by atoms with E-state index in [0.717, 1.165) is 27.7 Å². The van der Waals surface area contributed by atoms with Gasteiger partial charge < -0.3 is 28.8 Å². The number of hydrogen-bond acceptors (Lipinski definition) is 10. The predicted molar refractivity (Wildman–Crippen MR) is 74.7 cm³/mol. The molecule has 0 aromatic carbocycles. The first-order chi connectivity index (χ1) is 11.5. The summed E-state index contributed by atoms with van der Waals surface area (Å²) in [5, 5.41) is 9.29. The van der Waals surface area contributed by atoms with Crippen molar-refractivity contribution >= 4 is 29.8 Å². The van der Waals surface area contributed by atoms with Gasteiger partial charge in [0.25, 0.3) is 0 Å². The van der Waals surface area contributed by atoms with Crippen molar-refractivity contribution in [3.05, 3.63) is 0 Å². The van der Waals surface area contributed by atoms with E-state index < -0.39 is 60.6 Å². The molecule has 0 amide bonds. The largest absolute Gasteiger partial charge is 0.479 e. The third-order valence-electron chi connectivity index (χ3n) is 2.93. The zero-order chi connectivity index (χ0) is 19.3. The molecule has 0 spiro atoms. The van der Waals surface area contributed by atoms with Gasteiger partial charge in [-0.15, -0.1) is 0 Å². The Balaban J connectivity index is 3.33. The van der Waals surface area contributed by atoms with Crippen LogP contribution in [-0.4, -0.2) is 65.7 Å². The Hall–Kier alpha value is -2.69. The van der Waals surface area contributed by atoms with Crippen LogP contribution in [0.25, 0.3) is 0 Å². The molecule has 11 nitrogen and oxygen atoms in total. The second kappa shape index (κ2) is 8.42. The fourth-order valence-electron chi connectivity index (χ4n) is 2.23. The summed E-state index contributed by atoms with van der Waals surface area (Å²) in [6.07, 6.45) is -8.24. The molecule has 0 radical (unpaired) electrons. The highest BCUT2D eigenvalue weighted by molar-refractivity contribution is 5.75. The number of carbonyl (C=O) groups is 5. The van der Waals surface area contributed by atoms with E-state index in [0.29, 0.717) is 0 Å². The number of carboxylic acids is 1. The van der Waals surface area contributed by atoms with E-state index in [2.05, 4.69) is 0 Å². The Morgan fingerprint density at radius 2 is 1.08 bits per heavy atom. The number of rotatable bonds is 5. The number of carbonyl (C=O) groups excluding carboxylic acids is 4. The molecule has 1 aliphatic rings. The Morgan fingerprint density at radius 1 is 0.680 bits per heavy atom. The van der Waals surface area contributed by atoms with Crippen LogP contribution in [0.1, 0.15) is 27.7 Å². The van der Waals surface area contributed by atoms with E-state index >= 15 is 0 Å². The van der Waals surface area contributed by atoms with Crippen molar-refractivity contribution in [3.8, 4) is 0 Å². The van der Waals surface area contributed by atoms with Gasteiger partial charge in [0.1, 0.15) is 0 Å². The molecule has 1 N–H and O–H groups in total. The standard InChI is InChI=1S/C14H18O11/c1-5(15)21-9-10(22-6(2)16)12(23-7(3)17)14(24-8(4)18)25-11(9)13(19)20/h9-12,14H,1-4H3,(H,19,20)/t9-,10-,11-,12+,14+/m0/s1. The first-order valence-electron chi connectivity index (χ1n) is 7.10. The first kappa shape index (κ1) is 20.4. The average Bonchev–Trinajstić information content (AvgIpc) is 2.42. The number of carboxylic acid groups (broad SMARTS) is 1. The molecule has 1 rings (SSSR count). The van der Waals surface area contributed by atoms with Gasteiger partial charge in [-0.3, -0.25) is 19.2 Å². The molecule has 0 bridgehead atoms. The second-order valence-corrected chi connectivity index (χ2v) is 5.09. The van der Waals surface area contributed by atoms with Crippen LogP contribution in [0.4, 0.5) is 0 Å². The van der Waals surface area contributed by atoms with Crippen LogP contribution in [0.2, 0.25) is 0 Å². The Bertz CT molecular complexity index is 569. The third-order valence-corrected chi connectivity index (χ3v) is 2.93. The van der Waals surface area contributed by atoms with Crippen LogP contribution >= 0.6 is 0 Å². The lowest BCUT2D eigenvalue weighted by Gasteiger charge is -2.42. The predicted octanol–water partition coefficient (Wildman–Crippen LogP) is -0.846. The van der Waals surface area contributed by atoms with E-state index in [1.54, 1.807) is 0 Å². The maximum Gasteiger partial charge on any atom is 0.337 e. The van der Waals surface area contributed by atoms with Gasteiger partial charge in [-0.25, -0.2) is 4.79 Å². The zero-order valence-corrected chi connectivity index (χ0v) is 13.9. The van der Waals surface area contributed by atoms with Crippen molar-refractivity contribution in [3.63, 3.8) is 0 Å². The van der Waals surface area contributed by atoms with Crippen LogP contribution in [0, 0.1) is 0 Å². The molecule has 140 valence electrons. The second-order valence-electron chi connectivity index (χ2n) is 5.09. The van der Waals surface area contributed by atoms with E-state index in [9.17, 15) is 29.1 Å². The van der Waals surface area contributed by atoms with Crippen LogP contribution in [0.3, 0.4) is 0 Å². The SMILES string of the molecule is CC(=O)O[C@@H]1O[C@H](C(=O)O)[C@@H](OC(C)=O)[C@H](OC(C)=O)[C@H]1OC(C)=O. The molecule has 0 saturated carbocycles. The van der Waals surface area contributed by atoms with Crippen LogP contribution < -0.4 is 0 Å². The molecule has 1 saturated heterocycles. The molecular weight excluding hydrogens is 344 g/mol. The minimum atomic E-state index is -1.83. The highest BCUT2D eigenvalue weighted by Crippen LogP contribution is 2.29. The fraction of sp³-hybridized carbons (Fsp3) is 0.643. The topological polar surface area (TPSA) is 152 Å². The van der Waals surface area contributed by atoms with Gasteiger partial charge in [-0.05, 0) is 0 Å². The lowest BCUT2D eigenvalue weighted by molar-refractivity contribution is -0.293. The van der Waals surface area contributed by atoms with Gasteiger partial charge in [0.15, 0.2) is 18.3 Å². The number of aliphatic carboxylic acids is 1. The molecule has 0 aromatic rings. The van der Waals surface area contributed by atoms with E-state index in [1.165, 1.54) is 0 Å². The van der Waals surface area contributed by atoms with Gasteiger partial charge in [0.05, 0.1) is 0 Å². The van der Waals surface area contributed by atoms with Crippen molar-refractivity contribution in [2.24, 2.45) is 0 Å². The molecule has 1 heterocycles. The van der Waals surface area contributed by atoms with Gasteiger partial charge in [0.2, 0.25) is 12.4 Å². The van der Waals surface area contributed by atoms with Crippen LogP contribution in [0.15, 0.2) is 0 Å². The number of esters is 4. The smallest absolute Gasteiger partial charge is 0.337 e. The lowest BCUT2D eigenvalue weighted by atomic mass is 9.98. The fourth-order valence-corrected chi connectivity index (χ4v) is 2.23. The summed E-state index contributed by atoms with van der Waals surface area (Å²) in [5.41, 5.74) is 0.